The number of rotatable bonds is 3. The van der Waals surface area contributed by atoms with Gasteiger partial charge in [-0.1, -0.05) is 34.1 Å². The van der Waals surface area contributed by atoms with Gasteiger partial charge in [-0.3, -0.25) is 9.69 Å². The molecular weight excluding hydrogens is 359 g/mol. The van der Waals surface area contributed by atoms with E-state index in [1.165, 1.54) is 12.1 Å². The number of nitrogens with zero attached hydrogens (tertiary/aromatic N) is 2. The molecule has 23 heavy (non-hydrogen) atoms. The maximum absolute atomic E-state index is 13.0. The summed E-state index contributed by atoms with van der Waals surface area (Å²) in [5.74, 6) is -0.145. The van der Waals surface area contributed by atoms with Crippen LogP contribution in [-0.2, 0) is 11.3 Å². The number of piperazine rings is 1. The van der Waals surface area contributed by atoms with E-state index < -0.39 is 0 Å². The van der Waals surface area contributed by atoms with Crippen molar-refractivity contribution in [3.63, 3.8) is 0 Å². The number of hydrogen-bond acceptors (Lipinski definition) is 2. The lowest BCUT2D eigenvalue weighted by Gasteiger charge is -2.39. The Labute approximate surface area is 143 Å². The molecule has 0 saturated carbocycles. The highest BCUT2D eigenvalue weighted by molar-refractivity contribution is 9.10. The van der Waals surface area contributed by atoms with Gasteiger partial charge in [-0.25, -0.2) is 4.39 Å². The molecule has 1 amide bonds. The summed E-state index contributed by atoms with van der Waals surface area (Å²) in [5, 5.41) is 0. The van der Waals surface area contributed by atoms with E-state index >= 15 is 0 Å². The first-order valence-corrected chi connectivity index (χ1v) is 8.39. The van der Waals surface area contributed by atoms with Crippen molar-refractivity contribution in [2.24, 2.45) is 0 Å². The number of benzene rings is 2. The standard InChI is InChI=1S/C18H18BrFN2O/c1-13-18(23)22(17-4-2-3-15(19)11-17)10-9-21(13)12-14-5-7-16(20)8-6-14/h2-8,11,13H,9-10,12H2,1H3/t13-/m1/s1. The van der Waals surface area contributed by atoms with E-state index in [1.54, 1.807) is 12.1 Å². The lowest BCUT2D eigenvalue weighted by atomic mass is 10.1. The van der Waals surface area contributed by atoms with E-state index in [0.717, 1.165) is 22.3 Å². The Morgan fingerprint density at radius 1 is 1.17 bits per heavy atom. The Kier molecular flexibility index (Phi) is 4.78. The van der Waals surface area contributed by atoms with Gasteiger partial charge in [0.1, 0.15) is 5.82 Å². The summed E-state index contributed by atoms with van der Waals surface area (Å²) in [5.41, 5.74) is 1.93. The average Bonchev–Trinajstić information content (AvgIpc) is 2.54. The Hall–Kier alpha value is -1.72. The molecule has 0 radical (unpaired) electrons. The van der Waals surface area contributed by atoms with Gasteiger partial charge in [0.05, 0.1) is 6.04 Å². The van der Waals surface area contributed by atoms with Crippen LogP contribution in [0.1, 0.15) is 12.5 Å². The molecular formula is C18H18BrFN2O. The minimum Gasteiger partial charge on any atom is -0.310 e. The fourth-order valence-electron chi connectivity index (χ4n) is 2.85. The summed E-state index contributed by atoms with van der Waals surface area (Å²) >= 11 is 3.45. The summed E-state index contributed by atoms with van der Waals surface area (Å²) in [6.07, 6.45) is 0. The third-order valence-electron chi connectivity index (χ3n) is 4.20. The lowest BCUT2D eigenvalue weighted by molar-refractivity contribution is -0.125. The third kappa shape index (κ3) is 3.62. The second-order valence-electron chi connectivity index (χ2n) is 5.74. The number of carbonyl (C=O) groups excluding carboxylic acids is 1. The number of amides is 1. The minimum absolute atomic E-state index is 0.0939. The Balaban J connectivity index is 1.72. The van der Waals surface area contributed by atoms with E-state index in [9.17, 15) is 9.18 Å². The van der Waals surface area contributed by atoms with Crippen LogP contribution in [0.5, 0.6) is 0 Å². The summed E-state index contributed by atoms with van der Waals surface area (Å²) < 4.78 is 14.0. The van der Waals surface area contributed by atoms with Gasteiger partial charge in [0, 0.05) is 29.8 Å². The van der Waals surface area contributed by atoms with Crippen molar-refractivity contribution in [1.29, 1.82) is 0 Å². The quantitative estimate of drug-likeness (QED) is 0.812. The molecule has 2 aromatic carbocycles. The molecule has 0 bridgehead atoms. The number of carbonyl (C=O) groups is 1. The van der Waals surface area contributed by atoms with Gasteiger partial charge in [-0.15, -0.1) is 0 Å². The molecule has 0 aromatic heterocycles. The van der Waals surface area contributed by atoms with Crippen molar-refractivity contribution in [1.82, 2.24) is 4.90 Å². The molecule has 1 fully saturated rings. The van der Waals surface area contributed by atoms with E-state index in [1.807, 2.05) is 36.1 Å². The zero-order valence-electron chi connectivity index (χ0n) is 12.9. The van der Waals surface area contributed by atoms with E-state index in [2.05, 4.69) is 20.8 Å². The average molecular weight is 377 g/mol. The summed E-state index contributed by atoms with van der Waals surface area (Å²) in [6.45, 7) is 4.02. The van der Waals surface area contributed by atoms with Crippen LogP contribution in [0.15, 0.2) is 53.0 Å². The number of hydrogen-bond donors (Lipinski definition) is 0. The largest absolute Gasteiger partial charge is 0.310 e. The molecule has 0 unspecified atom stereocenters. The molecule has 2 aromatic rings. The molecule has 0 aliphatic carbocycles. The molecule has 0 N–H and O–H groups in total. The zero-order valence-corrected chi connectivity index (χ0v) is 14.5. The minimum atomic E-state index is -0.239. The van der Waals surface area contributed by atoms with Gasteiger partial charge in [0.15, 0.2) is 0 Å². The number of anilines is 1. The van der Waals surface area contributed by atoms with Crippen molar-refractivity contribution >= 4 is 27.5 Å². The SMILES string of the molecule is C[C@@H]1C(=O)N(c2cccc(Br)c2)CCN1Cc1ccc(F)cc1. The summed E-state index contributed by atoms with van der Waals surface area (Å²) in [4.78, 5) is 16.7. The van der Waals surface area contributed by atoms with Gasteiger partial charge in [0.2, 0.25) is 5.91 Å². The van der Waals surface area contributed by atoms with Gasteiger partial charge in [-0.05, 0) is 42.8 Å². The summed E-state index contributed by atoms with van der Waals surface area (Å²) in [6, 6.07) is 14.0. The molecule has 1 saturated heterocycles. The van der Waals surface area contributed by atoms with Crippen LogP contribution < -0.4 is 4.90 Å². The van der Waals surface area contributed by atoms with E-state index in [-0.39, 0.29) is 17.8 Å². The fourth-order valence-corrected chi connectivity index (χ4v) is 3.24. The van der Waals surface area contributed by atoms with Gasteiger partial charge < -0.3 is 4.90 Å². The lowest BCUT2D eigenvalue weighted by Crippen LogP contribution is -2.55. The van der Waals surface area contributed by atoms with Gasteiger partial charge in [0.25, 0.3) is 0 Å². The van der Waals surface area contributed by atoms with Crippen LogP contribution in [0.25, 0.3) is 0 Å². The highest BCUT2D eigenvalue weighted by atomic mass is 79.9. The zero-order chi connectivity index (χ0) is 16.4. The van der Waals surface area contributed by atoms with Gasteiger partial charge >= 0.3 is 0 Å². The first-order valence-electron chi connectivity index (χ1n) is 7.60. The maximum Gasteiger partial charge on any atom is 0.244 e. The Morgan fingerprint density at radius 2 is 1.91 bits per heavy atom. The van der Waals surface area contributed by atoms with Crippen molar-refractivity contribution in [3.05, 3.63) is 64.4 Å². The highest BCUT2D eigenvalue weighted by Crippen LogP contribution is 2.24. The van der Waals surface area contributed by atoms with Crippen LogP contribution in [0.2, 0.25) is 0 Å². The first kappa shape index (κ1) is 16.1. The third-order valence-corrected chi connectivity index (χ3v) is 4.69. The topological polar surface area (TPSA) is 23.6 Å². The van der Waals surface area contributed by atoms with Crippen LogP contribution in [0.3, 0.4) is 0 Å². The molecule has 3 nitrogen and oxygen atoms in total. The van der Waals surface area contributed by atoms with Crippen LogP contribution in [0.4, 0.5) is 10.1 Å². The summed E-state index contributed by atoms with van der Waals surface area (Å²) in [7, 11) is 0. The Bertz CT molecular complexity index is 704. The molecule has 1 aliphatic rings. The molecule has 120 valence electrons. The van der Waals surface area contributed by atoms with E-state index in [0.29, 0.717) is 13.1 Å². The van der Waals surface area contributed by atoms with Crippen LogP contribution in [0, 0.1) is 5.82 Å². The van der Waals surface area contributed by atoms with Crippen LogP contribution in [-0.4, -0.2) is 29.9 Å². The van der Waals surface area contributed by atoms with Crippen LogP contribution >= 0.6 is 15.9 Å². The molecule has 5 heteroatoms. The number of halogens is 2. The molecule has 3 rings (SSSR count). The van der Waals surface area contributed by atoms with E-state index in [4.69, 9.17) is 0 Å². The second-order valence-corrected chi connectivity index (χ2v) is 6.66. The second kappa shape index (κ2) is 6.81. The molecule has 1 heterocycles. The normalized spacial score (nSPS) is 19.2. The molecule has 1 aliphatic heterocycles. The predicted molar refractivity (Wildman–Crippen MR) is 92.8 cm³/mol. The van der Waals surface area contributed by atoms with Crippen molar-refractivity contribution in [2.45, 2.75) is 19.5 Å². The maximum atomic E-state index is 13.0. The highest BCUT2D eigenvalue weighted by Gasteiger charge is 2.32. The smallest absolute Gasteiger partial charge is 0.244 e. The van der Waals surface area contributed by atoms with Crippen molar-refractivity contribution in [3.8, 4) is 0 Å². The monoisotopic (exact) mass is 376 g/mol. The fraction of sp³-hybridized carbons (Fsp3) is 0.278. The predicted octanol–water partition coefficient (Wildman–Crippen LogP) is 3.83. The molecule has 0 spiro atoms. The van der Waals surface area contributed by atoms with Gasteiger partial charge in [-0.2, -0.15) is 0 Å². The molecule has 1 atom stereocenters. The Morgan fingerprint density at radius 3 is 2.61 bits per heavy atom. The van der Waals surface area contributed by atoms with Crippen molar-refractivity contribution < 1.29 is 9.18 Å². The first-order chi connectivity index (χ1) is 11.0. The van der Waals surface area contributed by atoms with Crippen molar-refractivity contribution in [2.75, 3.05) is 18.0 Å².